The Morgan fingerprint density at radius 1 is 1.10 bits per heavy atom. The summed E-state index contributed by atoms with van der Waals surface area (Å²) < 4.78 is 2.44. The topological polar surface area (TPSA) is 29.9 Å². The molecule has 0 bridgehead atoms. The van der Waals surface area contributed by atoms with Crippen LogP contribution in [0.2, 0.25) is 0 Å². The molecule has 0 aromatic carbocycles. The second kappa shape index (κ2) is 5.79. The smallest absolute Gasteiger partial charge is 0.203 e. The zero-order chi connectivity index (χ0) is 14.1. The summed E-state index contributed by atoms with van der Waals surface area (Å²) in [4.78, 5) is 4.76. The summed E-state index contributed by atoms with van der Waals surface area (Å²) in [7, 11) is 0. The molecular formula is C17H29N3. The van der Waals surface area contributed by atoms with E-state index in [9.17, 15) is 0 Å². The molecule has 3 unspecified atom stereocenters. The molecule has 0 amide bonds. The van der Waals surface area contributed by atoms with Gasteiger partial charge in [0.25, 0.3) is 0 Å². The largest absolute Gasteiger partial charge is 0.353 e. The van der Waals surface area contributed by atoms with Crippen molar-refractivity contribution in [1.82, 2.24) is 9.55 Å². The lowest BCUT2D eigenvalue weighted by atomic mass is 9.95. The Balaban J connectivity index is 1.77. The minimum atomic E-state index is 0.636. The Hall–Kier alpha value is -0.990. The highest BCUT2D eigenvalue weighted by Crippen LogP contribution is 2.41. The van der Waals surface area contributed by atoms with E-state index in [4.69, 9.17) is 4.98 Å². The van der Waals surface area contributed by atoms with E-state index in [1.807, 2.05) is 0 Å². The second-order valence-electron chi connectivity index (χ2n) is 7.07. The van der Waals surface area contributed by atoms with Gasteiger partial charge >= 0.3 is 0 Å². The van der Waals surface area contributed by atoms with Crippen LogP contribution in [0, 0.1) is 18.8 Å². The lowest BCUT2D eigenvalue weighted by Crippen LogP contribution is -2.25. The number of hydrogen-bond donors (Lipinski definition) is 1. The van der Waals surface area contributed by atoms with E-state index in [2.05, 4.69) is 36.9 Å². The van der Waals surface area contributed by atoms with Crippen LogP contribution in [0.1, 0.15) is 70.5 Å². The summed E-state index contributed by atoms with van der Waals surface area (Å²) in [6, 6.07) is 1.27. The third-order valence-corrected chi connectivity index (χ3v) is 5.57. The molecule has 2 aliphatic carbocycles. The van der Waals surface area contributed by atoms with Gasteiger partial charge in [-0.05, 0) is 44.4 Å². The molecule has 0 radical (unpaired) electrons. The van der Waals surface area contributed by atoms with Crippen molar-refractivity contribution in [2.45, 2.75) is 77.8 Å². The minimum absolute atomic E-state index is 0.636. The van der Waals surface area contributed by atoms with Crippen LogP contribution < -0.4 is 5.32 Å². The fourth-order valence-electron chi connectivity index (χ4n) is 4.04. The van der Waals surface area contributed by atoms with Crippen molar-refractivity contribution in [2.75, 3.05) is 5.32 Å². The molecule has 112 valence electrons. The van der Waals surface area contributed by atoms with Gasteiger partial charge in [0, 0.05) is 18.3 Å². The molecule has 3 rings (SSSR count). The molecule has 2 aliphatic rings. The summed E-state index contributed by atoms with van der Waals surface area (Å²) in [6.07, 6.45) is 11.7. The molecule has 1 aromatic rings. The average molecular weight is 275 g/mol. The van der Waals surface area contributed by atoms with Gasteiger partial charge in [0.1, 0.15) is 0 Å². The first kappa shape index (κ1) is 14.0. The monoisotopic (exact) mass is 275 g/mol. The predicted molar refractivity (Wildman–Crippen MR) is 84.1 cm³/mol. The third kappa shape index (κ3) is 2.72. The molecule has 3 nitrogen and oxygen atoms in total. The van der Waals surface area contributed by atoms with Crippen molar-refractivity contribution < 1.29 is 0 Å². The normalized spacial score (nSPS) is 31.6. The van der Waals surface area contributed by atoms with Gasteiger partial charge in [-0.15, -0.1) is 0 Å². The van der Waals surface area contributed by atoms with Crippen LogP contribution in [-0.2, 0) is 0 Å². The number of anilines is 1. The number of hydrogen-bond acceptors (Lipinski definition) is 2. The zero-order valence-corrected chi connectivity index (χ0v) is 13.2. The maximum atomic E-state index is 4.76. The summed E-state index contributed by atoms with van der Waals surface area (Å²) in [5, 5.41) is 3.73. The second-order valence-corrected chi connectivity index (χ2v) is 7.07. The molecule has 20 heavy (non-hydrogen) atoms. The van der Waals surface area contributed by atoms with E-state index < -0.39 is 0 Å². The van der Waals surface area contributed by atoms with E-state index in [1.165, 1.54) is 44.9 Å². The van der Waals surface area contributed by atoms with Crippen LogP contribution >= 0.6 is 0 Å². The van der Waals surface area contributed by atoms with E-state index in [1.54, 1.807) is 0 Å². The SMILES string of the molecule is Cc1cn(C2CCC(C)C2C)c(NC2CCCCC2)n1. The fourth-order valence-corrected chi connectivity index (χ4v) is 4.04. The summed E-state index contributed by atoms with van der Waals surface area (Å²) in [6.45, 7) is 6.91. The Bertz CT molecular complexity index is 445. The zero-order valence-electron chi connectivity index (χ0n) is 13.2. The molecule has 0 saturated heterocycles. The van der Waals surface area contributed by atoms with Crippen LogP contribution in [0.15, 0.2) is 6.20 Å². The molecule has 2 saturated carbocycles. The van der Waals surface area contributed by atoms with Gasteiger partial charge in [-0.2, -0.15) is 0 Å². The maximum absolute atomic E-state index is 4.76. The standard InChI is InChI=1S/C17H29N3/c1-12-9-10-16(14(12)3)20-11-13(2)18-17(20)19-15-7-5-4-6-8-15/h11-12,14-16H,4-10H2,1-3H3,(H,18,19). The van der Waals surface area contributed by atoms with Crippen molar-refractivity contribution in [1.29, 1.82) is 0 Å². The molecule has 3 atom stereocenters. The van der Waals surface area contributed by atoms with Crippen LogP contribution in [-0.4, -0.2) is 15.6 Å². The number of aromatic nitrogens is 2. The van der Waals surface area contributed by atoms with Gasteiger partial charge < -0.3 is 9.88 Å². The van der Waals surface area contributed by atoms with Gasteiger partial charge in [-0.1, -0.05) is 33.1 Å². The molecule has 1 N–H and O–H groups in total. The van der Waals surface area contributed by atoms with Crippen molar-refractivity contribution in [3.63, 3.8) is 0 Å². The van der Waals surface area contributed by atoms with Crippen LogP contribution in [0.5, 0.6) is 0 Å². The molecule has 1 aromatic heterocycles. The number of nitrogens with one attached hydrogen (secondary N) is 1. The third-order valence-electron chi connectivity index (χ3n) is 5.57. The van der Waals surface area contributed by atoms with Crippen molar-refractivity contribution in [3.8, 4) is 0 Å². The van der Waals surface area contributed by atoms with E-state index in [0.717, 1.165) is 23.5 Å². The Morgan fingerprint density at radius 2 is 1.85 bits per heavy atom. The maximum Gasteiger partial charge on any atom is 0.203 e. The highest BCUT2D eigenvalue weighted by Gasteiger charge is 2.32. The van der Waals surface area contributed by atoms with Gasteiger partial charge in [0.05, 0.1) is 5.69 Å². The Kier molecular flexibility index (Phi) is 4.04. The fraction of sp³-hybridized carbons (Fsp3) is 0.824. The van der Waals surface area contributed by atoms with Crippen LogP contribution in [0.4, 0.5) is 5.95 Å². The van der Waals surface area contributed by atoms with Crippen molar-refractivity contribution in [2.24, 2.45) is 11.8 Å². The summed E-state index contributed by atoms with van der Waals surface area (Å²) in [5.74, 6) is 2.72. The molecular weight excluding hydrogens is 246 g/mol. The first-order chi connectivity index (χ1) is 9.65. The van der Waals surface area contributed by atoms with E-state index in [-0.39, 0.29) is 0 Å². The first-order valence-corrected chi connectivity index (χ1v) is 8.47. The molecule has 2 fully saturated rings. The summed E-state index contributed by atoms with van der Waals surface area (Å²) >= 11 is 0. The van der Waals surface area contributed by atoms with Crippen LogP contribution in [0.25, 0.3) is 0 Å². The van der Waals surface area contributed by atoms with Gasteiger partial charge in [0.2, 0.25) is 5.95 Å². The number of nitrogens with zero attached hydrogens (tertiary/aromatic N) is 2. The number of aryl methyl sites for hydroxylation is 1. The number of imidazole rings is 1. The Labute approximate surface area is 123 Å². The highest BCUT2D eigenvalue weighted by molar-refractivity contribution is 5.31. The highest BCUT2D eigenvalue weighted by atomic mass is 15.2. The molecule has 1 heterocycles. The molecule has 0 aliphatic heterocycles. The minimum Gasteiger partial charge on any atom is -0.353 e. The van der Waals surface area contributed by atoms with Crippen molar-refractivity contribution in [3.05, 3.63) is 11.9 Å². The average Bonchev–Trinajstić information content (AvgIpc) is 2.95. The summed E-state index contributed by atoms with van der Waals surface area (Å²) in [5.41, 5.74) is 1.15. The van der Waals surface area contributed by atoms with Crippen LogP contribution in [0.3, 0.4) is 0 Å². The number of rotatable bonds is 3. The molecule has 3 heteroatoms. The quantitative estimate of drug-likeness (QED) is 0.877. The lowest BCUT2D eigenvalue weighted by molar-refractivity contribution is 0.353. The first-order valence-electron chi connectivity index (χ1n) is 8.47. The van der Waals surface area contributed by atoms with E-state index >= 15 is 0 Å². The van der Waals surface area contributed by atoms with Gasteiger partial charge in [-0.25, -0.2) is 4.98 Å². The van der Waals surface area contributed by atoms with E-state index in [0.29, 0.717) is 12.1 Å². The predicted octanol–water partition coefficient (Wildman–Crippen LogP) is 4.54. The Morgan fingerprint density at radius 3 is 2.50 bits per heavy atom. The van der Waals surface area contributed by atoms with Gasteiger partial charge in [0.15, 0.2) is 0 Å². The lowest BCUT2D eigenvalue weighted by Gasteiger charge is -2.26. The van der Waals surface area contributed by atoms with Crippen molar-refractivity contribution >= 4 is 5.95 Å². The van der Waals surface area contributed by atoms with Gasteiger partial charge in [-0.3, -0.25) is 0 Å². The molecule has 0 spiro atoms.